The maximum atomic E-state index is 12.9. The molecule has 0 aliphatic heterocycles. The molecule has 2 rings (SSSR count). The van der Waals surface area contributed by atoms with E-state index < -0.39 is 11.7 Å². The average Bonchev–Trinajstić information content (AvgIpc) is 2.27. The molecule has 1 fully saturated rings. The Hall–Kier alpha value is -1.10. The molecule has 1 N–H and O–H groups in total. The molecule has 0 bridgehead atoms. The molecular formula is C13H17F3N2. The van der Waals surface area contributed by atoms with E-state index in [1.165, 1.54) is 12.4 Å². The van der Waals surface area contributed by atoms with Gasteiger partial charge in [0, 0.05) is 12.4 Å². The van der Waals surface area contributed by atoms with E-state index in [0.717, 1.165) is 32.0 Å². The molecule has 1 aromatic rings. The second-order valence-electron chi connectivity index (χ2n) is 4.71. The lowest BCUT2D eigenvalue weighted by Crippen LogP contribution is -2.34. The lowest BCUT2D eigenvalue weighted by Gasteiger charge is -2.38. The van der Waals surface area contributed by atoms with Gasteiger partial charge < -0.3 is 5.32 Å². The van der Waals surface area contributed by atoms with Gasteiger partial charge in [0.1, 0.15) is 0 Å². The minimum atomic E-state index is -4.28. The van der Waals surface area contributed by atoms with Crippen LogP contribution in [0.25, 0.3) is 0 Å². The predicted octanol–water partition coefficient (Wildman–Crippen LogP) is 3.20. The molecule has 5 heteroatoms. The van der Waals surface area contributed by atoms with Crippen LogP contribution in [0.5, 0.6) is 0 Å². The lowest BCUT2D eigenvalue weighted by atomic mass is 9.69. The van der Waals surface area contributed by atoms with Gasteiger partial charge in [-0.05, 0) is 49.4 Å². The topological polar surface area (TPSA) is 24.9 Å². The highest BCUT2D eigenvalue weighted by Crippen LogP contribution is 2.46. The first kappa shape index (κ1) is 13.3. The smallest absolute Gasteiger partial charge is 0.317 e. The van der Waals surface area contributed by atoms with Crippen molar-refractivity contribution in [2.45, 2.75) is 31.9 Å². The molecule has 2 atom stereocenters. The third-order valence-electron chi connectivity index (χ3n) is 3.63. The van der Waals surface area contributed by atoms with Crippen molar-refractivity contribution in [2.75, 3.05) is 13.1 Å². The van der Waals surface area contributed by atoms with Gasteiger partial charge in [0.05, 0.1) is 5.56 Å². The summed E-state index contributed by atoms with van der Waals surface area (Å²) in [5.74, 6) is 0.296. The molecule has 0 amide bonds. The summed E-state index contributed by atoms with van der Waals surface area (Å²) >= 11 is 0. The molecule has 0 saturated heterocycles. The number of halogens is 3. The summed E-state index contributed by atoms with van der Waals surface area (Å²) in [5, 5.41) is 3.21. The second kappa shape index (κ2) is 5.26. The van der Waals surface area contributed by atoms with E-state index in [2.05, 4.69) is 10.3 Å². The standard InChI is InChI=1S/C13H17F3N2/c1-2-17-7-9-3-4-10(9)11-8-18-6-5-12(11)13(14,15)16/h5-6,8-10,17H,2-4,7H2,1H3. The van der Waals surface area contributed by atoms with Crippen molar-refractivity contribution < 1.29 is 13.2 Å². The van der Waals surface area contributed by atoms with Crippen LogP contribution in [0.1, 0.15) is 36.8 Å². The van der Waals surface area contributed by atoms with Crippen molar-refractivity contribution in [1.82, 2.24) is 10.3 Å². The Morgan fingerprint density at radius 3 is 2.72 bits per heavy atom. The number of hydrogen-bond donors (Lipinski definition) is 1. The van der Waals surface area contributed by atoms with E-state index in [9.17, 15) is 13.2 Å². The Balaban J connectivity index is 2.18. The van der Waals surface area contributed by atoms with Crippen molar-refractivity contribution in [1.29, 1.82) is 0 Å². The predicted molar refractivity (Wildman–Crippen MR) is 63.2 cm³/mol. The Labute approximate surface area is 105 Å². The molecule has 18 heavy (non-hydrogen) atoms. The molecule has 1 heterocycles. The summed E-state index contributed by atoms with van der Waals surface area (Å²) in [6.07, 6.45) is 0.126. The average molecular weight is 258 g/mol. The fourth-order valence-corrected chi connectivity index (χ4v) is 2.51. The largest absolute Gasteiger partial charge is 0.416 e. The zero-order chi connectivity index (χ0) is 13.2. The van der Waals surface area contributed by atoms with E-state index in [1.54, 1.807) is 0 Å². The van der Waals surface area contributed by atoms with Crippen molar-refractivity contribution in [3.63, 3.8) is 0 Å². The second-order valence-corrected chi connectivity index (χ2v) is 4.71. The molecule has 100 valence electrons. The minimum absolute atomic E-state index is 0.00521. The number of nitrogens with one attached hydrogen (secondary N) is 1. The van der Waals surface area contributed by atoms with Gasteiger partial charge in [-0.2, -0.15) is 13.2 Å². The summed E-state index contributed by atoms with van der Waals surface area (Å²) in [7, 11) is 0. The van der Waals surface area contributed by atoms with E-state index >= 15 is 0 Å². The zero-order valence-electron chi connectivity index (χ0n) is 10.3. The minimum Gasteiger partial charge on any atom is -0.317 e. The van der Waals surface area contributed by atoms with Crippen LogP contribution in [0, 0.1) is 5.92 Å². The van der Waals surface area contributed by atoms with E-state index in [-0.39, 0.29) is 5.92 Å². The summed E-state index contributed by atoms with van der Waals surface area (Å²) in [5.41, 5.74) is -0.164. The third-order valence-corrected chi connectivity index (χ3v) is 3.63. The quantitative estimate of drug-likeness (QED) is 0.897. The highest BCUT2D eigenvalue weighted by molar-refractivity contribution is 5.31. The van der Waals surface area contributed by atoms with Gasteiger partial charge in [-0.1, -0.05) is 6.92 Å². The molecule has 2 nitrogen and oxygen atoms in total. The normalized spacial score (nSPS) is 23.8. The van der Waals surface area contributed by atoms with Gasteiger partial charge >= 0.3 is 6.18 Å². The number of aromatic nitrogens is 1. The number of nitrogens with zero attached hydrogens (tertiary/aromatic N) is 1. The first-order valence-corrected chi connectivity index (χ1v) is 6.25. The molecule has 0 spiro atoms. The van der Waals surface area contributed by atoms with Gasteiger partial charge in [0.25, 0.3) is 0 Å². The summed E-state index contributed by atoms with van der Waals surface area (Å²) in [6, 6.07) is 1.08. The highest BCUT2D eigenvalue weighted by atomic mass is 19.4. The maximum Gasteiger partial charge on any atom is 0.416 e. The first-order chi connectivity index (χ1) is 8.54. The third kappa shape index (κ3) is 2.66. The fraction of sp³-hybridized carbons (Fsp3) is 0.615. The van der Waals surface area contributed by atoms with E-state index in [0.29, 0.717) is 11.5 Å². The number of alkyl halides is 3. The van der Waals surface area contributed by atoms with Crippen LogP contribution >= 0.6 is 0 Å². The Morgan fingerprint density at radius 2 is 2.17 bits per heavy atom. The molecule has 0 radical (unpaired) electrons. The zero-order valence-corrected chi connectivity index (χ0v) is 10.3. The van der Waals surface area contributed by atoms with Gasteiger partial charge in [-0.25, -0.2) is 0 Å². The molecule has 1 aliphatic carbocycles. The Bertz CT molecular complexity index is 403. The van der Waals surface area contributed by atoms with Crippen LogP contribution < -0.4 is 5.32 Å². The number of hydrogen-bond acceptors (Lipinski definition) is 2. The van der Waals surface area contributed by atoms with Crippen LogP contribution in [0.15, 0.2) is 18.5 Å². The Kier molecular flexibility index (Phi) is 3.90. The maximum absolute atomic E-state index is 12.9. The number of pyridine rings is 1. The van der Waals surface area contributed by atoms with Crippen molar-refractivity contribution in [3.8, 4) is 0 Å². The van der Waals surface area contributed by atoms with E-state index in [4.69, 9.17) is 0 Å². The van der Waals surface area contributed by atoms with Crippen molar-refractivity contribution in [3.05, 3.63) is 29.6 Å². The van der Waals surface area contributed by atoms with Crippen LogP contribution in [-0.4, -0.2) is 18.1 Å². The van der Waals surface area contributed by atoms with Gasteiger partial charge in [-0.15, -0.1) is 0 Å². The number of rotatable bonds is 4. The molecule has 2 unspecified atom stereocenters. The molecule has 1 aliphatic rings. The monoisotopic (exact) mass is 258 g/mol. The van der Waals surface area contributed by atoms with Crippen molar-refractivity contribution in [2.24, 2.45) is 5.92 Å². The van der Waals surface area contributed by atoms with Crippen LogP contribution in [-0.2, 0) is 6.18 Å². The summed E-state index contributed by atoms with van der Waals surface area (Å²) < 4.78 is 38.7. The van der Waals surface area contributed by atoms with E-state index in [1.807, 2.05) is 6.92 Å². The molecule has 0 aromatic carbocycles. The Morgan fingerprint density at radius 1 is 1.39 bits per heavy atom. The first-order valence-electron chi connectivity index (χ1n) is 6.25. The van der Waals surface area contributed by atoms with Crippen molar-refractivity contribution >= 4 is 0 Å². The van der Waals surface area contributed by atoms with Gasteiger partial charge in [-0.3, -0.25) is 4.98 Å². The summed E-state index contributed by atoms with van der Waals surface area (Å²) in [4.78, 5) is 3.86. The summed E-state index contributed by atoms with van der Waals surface area (Å²) in [6.45, 7) is 3.63. The van der Waals surface area contributed by atoms with Crippen LogP contribution in [0.2, 0.25) is 0 Å². The molecule has 1 saturated carbocycles. The van der Waals surface area contributed by atoms with Gasteiger partial charge in [0.15, 0.2) is 0 Å². The highest BCUT2D eigenvalue weighted by Gasteiger charge is 2.40. The van der Waals surface area contributed by atoms with Crippen LogP contribution in [0.4, 0.5) is 13.2 Å². The lowest BCUT2D eigenvalue weighted by molar-refractivity contribution is -0.138. The molecule has 1 aromatic heterocycles. The van der Waals surface area contributed by atoms with Crippen LogP contribution in [0.3, 0.4) is 0 Å². The van der Waals surface area contributed by atoms with Gasteiger partial charge in [0.2, 0.25) is 0 Å². The fourth-order valence-electron chi connectivity index (χ4n) is 2.51. The molecular weight excluding hydrogens is 241 g/mol. The SMILES string of the molecule is CCNCC1CCC1c1cnccc1C(F)(F)F.